The van der Waals surface area contributed by atoms with E-state index in [1.807, 2.05) is 6.92 Å². The molecule has 0 bridgehead atoms. The van der Waals surface area contributed by atoms with Gasteiger partial charge in [0.05, 0.1) is 30.6 Å². The molecule has 1 atom stereocenters. The lowest BCUT2D eigenvalue weighted by Crippen LogP contribution is -2.52. The maximum atomic E-state index is 12.7. The molecule has 6 nitrogen and oxygen atoms in total. The van der Waals surface area contributed by atoms with Gasteiger partial charge < -0.3 is 19.4 Å². The molecule has 0 N–H and O–H groups in total. The quantitative estimate of drug-likeness (QED) is 0.517. The van der Waals surface area contributed by atoms with Crippen molar-refractivity contribution in [2.45, 2.75) is 26.8 Å². The fraction of sp³-hybridized carbons (Fsp3) is 0.389. The van der Waals surface area contributed by atoms with E-state index in [0.29, 0.717) is 23.0 Å². The number of amides is 1. The Hall–Kier alpha value is -2.06. The van der Waals surface area contributed by atoms with Gasteiger partial charge in [0.2, 0.25) is 0 Å². The third-order valence-electron chi connectivity index (χ3n) is 3.76. The van der Waals surface area contributed by atoms with Gasteiger partial charge in [-0.05, 0) is 36.6 Å². The second kappa shape index (κ2) is 8.55. The maximum absolute atomic E-state index is 12.7. The van der Waals surface area contributed by atoms with Crippen LogP contribution in [0.4, 0.5) is 0 Å². The standard InChI is InChI=1S/C18H21NO5S2/c1-5-24-12-7-6-11(8-13(12)23-4)9-14-16(20)19(18(25)26-14)15(10(2)3)17(21)22/h6-10,15H,5H2,1-4H3,(H,21,22)/p-1/b14-9+/t15-/m0/s1. The molecule has 0 saturated carbocycles. The van der Waals surface area contributed by atoms with Gasteiger partial charge in [-0.3, -0.25) is 9.69 Å². The number of nitrogens with zero attached hydrogens (tertiary/aromatic N) is 1. The summed E-state index contributed by atoms with van der Waals surface area (Å²) in [5, 5.41) is 11.4. The predicted octanol–water partition coefficient (Wildman–Crippen LogP) is 2.07. The first-order valence-corrected chi connectivity index (χ1v) is 9.31. The van der Waals surface area contributed by atoms with Gasteiger partial charge in [0.1, 0.15) is 4.32 Å². The van der Waals surface area contributed by atoms with Crippen LogP contribution in [0, 0.1) is 5.92 Å². The predicted molar refractivity (Wildman–Crippen MR) is 103 cm³/mol. The fourth-order valence-electron chi connectivity index (χ4n) is 2.60. The number of carbonyl (C=O) groups excluding carboxylic acids is 2. The van der Waals surface area contributed by atoms with Crippen LogP contribution in [-0.2, 0) is 9.59 Å². The zero-order valence-corrected chi connectivity index (χ0v) is 16.6. The lowest BCUT2D eigenvalue weighted by molar-refractivity contribution is -0.311. The summed E-state index contributed by atoms with van der Waals surface area (Å²) in [6, 6.07) is 4.20. The Morgan fingerprint density at radius 1 is 1.38 bits per heavy atom. The number of methoxy groups -OCH3 is 1. The molecule has 1 saturated heterocycles. The molecule has 1 aromatic carbocycles. The van der Waals surface area contributed by atoms with Gasteiger partial charge in [-0.1, -0.05) is 43.9 Å². The van der Waals surface area contributed by atoms with E-state index in [4.69, 9.17) is 21.7 Å². The number of thioether (sulfide) groups is 1. The number of carboxylic acid groups (broad SMARTS) is 1. The van der Waals surface area contributed by atoms with Crippen LogP contribution in [0.25, 0.3) is 6.08 Å². The normalized spacial score (nSPS) is 17.1. The van der Waals surface area contributed by atoms with Crippen molar-refractivity contribution in [1.29, 1.82) is 0 Å². The van der Waals surface area contributed by atoms with E-state index < -0.39 is 17.9 Å². The smallest absolute Gasteiger partial charge is 0.266 e. The van der Waals surface area contributed by atoms with Crippen molar-refractivity contribution in [1.82, 2.24) is 4.90 Å². The highest BCUT2D eigenvalue weighted by Crippen LogP contribution is 2.36. The van der Waals surface area contributed by atoms with Crippen LogP contribution in [0.15, 0.2) is 23.1 Å². The fourth-order valence-corrected chi connectivity index (χ4v) is 3.92. The second-order valence-corrected chi connectivity index (χ2v) is 7.58. The molecule has 1 aliphatic heterocycles. The number of rotatable bonds is 7. The Morgan fingerprint density at radius 2 is 2.08 bits per heavy atom. The number of aliphatic carboxylic acids is 1. The SMILES string of the molecule is CCOc1ccc(/C=C2/SC(=S)N([C@H](C(=O)[O-])C(C)C)C2=O)cc1OC. The van der Waals surface area contributed by atoms with E-state index in [9.17, 15) is 14.7 Å². The monoisotopic (exact) mass is 394 g/mol. The summed E-state index contributed by atoms with van der Waals surface area (Å²) in [6.07, 6.45) is 1.66. The van der Waals surface area contributed by atoms with Gasteiger partial charge in [-0.2, -0.15) is 0 Å². The van der Waals surface area contributed by atoms with Gasteiger partial charge in [0.15, 0.2) is 11.5 Å². The van der Waals surface area contributed by atoms with Crippen molar-refractivity contribution in [3.8, 4) is 11.5 Å². The Labute approximate surface area is 162 Å². The Bertz CT molecular complexity index is 760. The summed E-state index contributed by atoms with van der Waals surface area (Å²) in [4.78, 5) is 25.6. The number of hydrogen-bond acceptors (Lipinski definition) is 7. The molecule has 0 unspecified atom stereocenters. The van der Waals surface area contributed by atoms with Crippen molar-refractivity contribution in [2.24, 2.45) is 5.92 Å². The van der Waals surface area contributed by atoms with E-state index in [1.54, 1.807) is 38.1 Å². The topological polar surface area (TPSA) is 78.9 Å². The molecule has 8 heteroatoms. The first-order chi connectivity index (χ1) is 12.3. The number of carboxylic acids is 1. The summed E-state index contributed by atoms with van der Waals surface area (Å²) in [7, 11) is 1.54. The van der Waals surface area contributed by atoms with Crippen LogP contribution in [0.3, 0.4) is 0 Å². The third-order valence-corrected chi connectivity index (χ3v) is 5.09. The van der Waals surface area contributed by atoms with E-state index in [2.05, 4.69) is 0 Å². The van der Waals surface area contributed by atoms with Crippen molar-refractivity contribution < 1.29 is 24.2 Å². The largest absolute Gasteiger partial charge is 0.548 e. The number of ether oxygens (including phenoxy) is 2. The zero-order chi connectivity index (χ0) is 19.4. The number of hydrogen-bond donors (Lipinski definition) is 0. The molecule has 26 heavy (non-hydrogen) atoms. The minimum Gasteiger partial charge on any atom is -0.548 e. The van der Waals surface area contributed by atoms with Gasteiger partial charge in [0.25, 0.3) is 5.91 Å². The highest BCUT2D eigenvalue weighted by Gasteiger charge is 2.39. The molecule has 1 fully saturated rings. The molecular weight excluding hydrogens is 374 g/mol. The lowest BCUT2D eigenvalue weighted by Gasteiger charge is -2.30. The minimum absolute atomic E-state index is 0.210. The minimum atomic E-state index is -1.32. The van der Waals surface area contributed by atoms with Crippen LogP contribution in [0.5, 0.6) is 11.5 Å². The average Bonchev–Trinajstić information content (AvgIpc) is 2.83. The molecule has 1 aliphatic rings. The van der Waals surface area contributed by atoms with E-state index >= 15 is 0 Å². The molecule has 0 spiro atoms. The van der Waals surface area contributed by atoms with Crippen molar-refractivity contribution in [3.05, 3.63) is 28.7 Å². The summed E-state index contributed by atoms with van der Waals surface area (Å²) in [5.41, 5.74) is 0.723. The molecule has 0 aromatic heterocycles. The number of benzene rings is 1. The number of thiocarbonyl (C=S) groups is 1. The van der Waals surface area contributed by atoms with Crippen LogP contribution in [-0.4, -0.2) is 40.9 Å². The summed E-state index contributed by atoms with van der Waals surface area (Å²) >= 11 is 6.29. The van der Waals surface area contributed by atoms with Gasteiger partial charge in [-0.15, -0.1) is 0 Å². The van der Waals surface area contributed by atoms with Gasteiger partial charge >= 0.3 is 0 Å². The van der Waals surface area contributed by atoms with E-state index in [-0.39, 0.29) is 10.2 Å². The highest BCUT2D eigenvalue weighted by molar-refractivity contribution is 8.26. The highest BCUT2D eigenvalue weighted by atomic mass is 32.2. The van der Waals surface area contributed by atoms with Gasteiger partial charge in [-0.25, -0.2) is 0 Å². The van der Waals surface area contributed by atoms with Gasteiger partial charge in [0, 0.05) is 0 Å². The Balaban J connectivity index is 2.34. The van der Waals surface area contributed by atoms with E-state index in [1.165, 1.54) is 7.11 Å². The van der Waals surface area contributed by atoms with Crippen LogP contribution < -0.4 is 14.6 Å². The zero-order valence-electron chi connectivity index (χ0n) is 15.0. The summed E-state index contributed by atoms with van der Waals surface area (Å²) < 4.78 is 11.0. The molecule has 2 rings (SSSR count). The maximum Gasteiger partial charge on any atom is 0.266 e. The molecule has 1 amide bonds. The molecule has 1 aromatic rings. The van der Waals surface area contributed by atoms with Crippen molar-refractivity contribution >= 4 is 46.3 Å². The molecular formula is C18H20NO5S2-. The molecule has 0 aliphatic carbocycles. The molecule has 0 radical (unpaired) electrons. The van der Waals surface area contributed by atoms with Crippen LogP contribution >= 0.6 is 24.0 Å². The van der Waals surface area contributed by atoms with E-state index in [0.717, 1.165) is 22.2 Å². The third kappa shape index (κ3) is 4.19. The Morgan fingerprint density at radius 3 is 2.62 bits per heavy atom. The summed E-state index contributed by atoms with van der Waals surface area (Å²) in [5.74, 6) is -0.925. The second-order valence-electron chi connectivity index (χ2n) is 5.90. The number of carbonyl (C=O) groups is 2. The lowest BCUT2D eigenvalue weighted by atomic mass is 10.0. The molecule has 140 valence electrons. The van der Waals surface area contributed by atoms with Crippen molar-refractivity contribution in [3.63, 3.8) is 0 Å². The summed E-state index contributed by atoms with van der Waals surface area (Å²) in [6.45, 7) is 5.80. The van der Waals surface area contributed by atoms with Crippen molar-refractivity contribution in [2.75, 3.05) is 13.7 Å². The van der Waals surface area contributed by atoms with Crippen LogP contribution in [0.1, 0.15) is 26.3 Å². The average molecular weight is 394 g/mol. The van der Waals surface area contributed by atoms with Crippen LogP contribution in [0.2, 0.25) is 0 Å². The first kappa shape index (κ1) is 20.3. The Kier molecular flexibility index (Phi) is 6.66. The first-order valence-electron chi connectivity index (χ1n) is 8.08. The molecule has 1 heterocycles.